The maximum atomic E-state index is 11.4. The van der Waals surface area contributed by atoms with E-state index in [0.29, 0.717) is 6.54 Å². The number of carbonyl (C=O) groups excluding carboxylic acids is 1. The molecule has 1 aliphatic heterocycles. The number of rotatable bonds is 5. The molecule has 1 rings (SSSR count). The summed E-state index contributed by atoms with van der Waals surface area (Å²) in [5.74, 6) is 0.722. The first-order valence-electron chi connectivity index (χ1n) is 6.85. The minimum atomic E-state index is -0.425. The van der Waals surface area contributed by atoms with Crippen molar-refractivity contribution in [2.24, 2.45) is 5.92 Å². The van der Waals surface area contributed by atoms with Crippen LogP contribution in [-0.2, 0) is 4.74 Å². The van der Waals surface area contributed by atoms with Crippen LogP contribution < -0.4 is 16.0 Å². The molecule has 0 aromatic carbocycles. The molecule has 5 nitrogen and oxygen atoms in total. The van der Waals surface area contributed by atoms with Crippen LogP contribution in [0.1, 0.15) is 33.6 Å². The van der Waals surface area contributed by atoms with Gasteiger partial charge in [-0.2, -0.15) is 0 Å². The topological polar surface area (TPSA) is 62.4 Å². The van der Waals surface area contributed by atoms with E-state index in [4.69, 9.17) is 4.74 Å². The summed E-state index contributed by atoms with van der Waals surface area (Å²) in [6.07, 6.45) is 2.21. The van der Waals surface area contributed by atoms with Crippen LogP contribution in [0.25, 0.3) is 0 Å². The van der Waals surface area contributed by atoms with E-state index < -0.39 is 5.60 Å². The van der Waals surface area contributed by atoms with Crippen molar-refractivity contribution in [1.82, 2.24) is 16.0 Å². The van der Waals surface area contributed by atoms with Crippen molar-refractivity contribution in [3.05, 3.63) is 0 Å². The van der Waals surface area contributed by atoms with Crippen LogP contribution in [0.2, 0.25) is 0 Å². The van der Waals surface area contributed by atoms with Gasteiger partial charge in [0.15, 0.2) is 0 Å². The van der Waals surface area contributed by atoms with E-state index in [2.05, 4.69) is 16.0 Å². The van der Waals surface area contributed by atoms with Crippen molar-refractivity contribution in [3.8, 4) is 0 Å². The van der Waals surface area contributed by atoms with E-state index in [1.807, 2.05) is 20.8 Å². The minimum Gasteiger partial charge on any atom is -0.444 e. The standard InChI is InChI=1S/C13H27N3O2/c1-13(2,3)18-12(17)16-8-7-15-10-11-5-4-6-14-9-11/h11,14-15H,4-10H2,1-3H3,(H,16,17). The normalized spacial score (nSPS) is 20.5. The first kappa shape index (κ1) is 15.2. The van der Waals surface area contributed by atoms with Crippen molar-refractivity contribution in [3.63, 3.8) is 0 Å². The van der Waals surface area contributed by atoms with Crippen molar-refractivity contribution in [2.45, 2.75) is 39.2 Å². The van der Waals surface area contributed by atoms with Gasteiger partial charge >= 0.3 is 6.09 Å². The molecule has 1 fully saturated rings. The van der Waals surface area contributed by atoms with Gasteiger partial charge < -0.3 is 20.7 Å². The number of piperidine rings is 1. The fourth-order valence-electron chi connectivity index (χ4n) is 1.97. The van der Waals surface area contributed by atoms with Crippen LogP contribution in [0.4, 0.5) is 4.79 Å². The zero-order chi connectivity index (χ0) is 13.4. The first-order valence-corrected chi connectivity index (χ1v) is 6.85. The molecule has 0 bridgehead atoms. The molecule has 1 atom stereocenters. The average Bonchev–Trinajstić information content (AvgIpc) is 2.27. The molecule has 18 heavy (non-hydrogen) atoms. The smallest absolute Gasteiger partial charge is 0.407 e. The van der Waals surface area contributed by atoms with Crippen LogP contribution in [-0.4, -0.2) is 44.4 Å². The summed E-state index contributed by atoms with van der Waals surface area (Å²) < 4.78 is 5.15. The highest BCUT2D eigenvalue weighted by molar-refractivity contribution is 5.67. The lowest BCUT2D eigenvalue weighted by Gasteiger charge is -2.23. The Hall–Kier alpha value is -0.810. The van der Waals surface area contributed by atoms with Gasteiger partial charge in [-0.1, -0.05) is 0 Å². The summed E-state index contributed by atoms with van der Waals surface area (Å²) in [6.45, 7) is 10.2. The Kier molecular flexibility index (Phi) is 6.43. The monoisotopic (exact) mass is 257 g/mol. The number of hydrogen-bond donors (Lipinski definition) is 3. The maximum Gasteiger partial charge on any atom is 0.407 e. The summed E-state index contributed by atoms with van der Waals surface area (Å²) in [5.41, 5.74) is -0.425. The highest BCUT2D eigenvalue weighted by atomic mass is 16.6. The third-order valence-corrected chi connectivity index (χ3v) is 2.80. The molecule has 1 saturated heterocycles. The number of amides is 1. The third kappa shape index (κ3) is 7.50. The van der Waals surface area contributed by atoms with Crippen molar-refractivity contribution < 1.29 is 9.53 Å². The van der Waals surface area contributed by atoms with Gasteiger partial charge in [-0.3, -0.25) is 0 Å². The summed E-state index contributed by atoms with van der Waals surface area (Å²) in [4.78, 5) is 11.4. The second-order valence-corrected chi connectivity index (χ2v) is 5.85. The molecule has 0 aliphatic carbocycles. The molecular formula is C13H27N3O2. The molecule has 1 heterocycles. The average molecular weight is 257 g/mol. The Morgan fingerprint density at radius 2 is 2.17 bits per heavy atom. The maximum absolute atomic E-state index is 11.4. The molecule has 0 aromatic rings. The van der Waals surface area contributed by atoms with Gasteiger partial charge in [-0.05, 0) is 59.2 Å². The van der Waals surface area contributed by atoms with Crippen molar-refractivity contribution >= 4 is 6.09 Å². The lowest BCUT2D eigenvalue weighted by atomic mass is 10.00. The molecule has 5 heteroatoms. The molecule has 0 aromatic heterocycles. The summed E-state index contributed by atoms with van der Waals surface area (Å²) in [7, 11) is 0. The molecule has 0 saturated carbocycles. The summed E-state index contributed by atoms with van der Waals surface area (Å²) in [6, 6.07) is 0. The fraction of sp³-hybridized carbons (Fsp3) is 0.923. The Balaban J connectivity index is 1.96. The van der Waals surface area contributed by atoms with Crippen LogP contribution in [0, 0.1) is 5.92 Å². The number of ether oxygens (including phenoxy) is 1. The number of carbonyl (C=O) groups is 1. The van der Waals surface area contributed by atoms with Crippen molar-refractivity contribution in [2.75, 3.05) is 32.7 Å². The third-order valence-electron chi connectivity index (χ3n) is 2.80. The summed E-state index contributed by atoms with van der Waals surface area (Å²) in [5, 5.41) is 9.49. The molecule has 0 spiro atoms. The van der Waals surface area contributed by atoms with Crippen LogP contribution in [0.3, 0.4) is 0 Å². The predicted molar refractivity (Wildman–Crippen MR) is 72.7 cm³/mol. The quantitative estimate of drug-likeness (QED) is 0.645. The van der Waals surface area contributed by atoms with Gasteiger partial charge in [0.25, 0.3) is 0 Å². The highest BCUT2D eigenvalue weighted by Gasteiger charge is 2.15. The van der Waals surface area contributed by atoms with Gasteiger partial charge in [-0.15, -0.1) is 0 Å². The minimum absolute atomic E-state index is 0.344. The first-order chi connectivity index (χ1) is 8.47. The lowest BCUT2D eigenvalue weighted by Crippen LogP contribution is -2.40. The van der Waals surface area contributed by atoms with Gasteiger partial charge in [0.2, 0.25) is 0 Å². The predicted octanol–water partition coefficient (Wildman–Crippen LogP) is 1.10. The zero-order valence-electron chi connectivity index (χ0n) is 11.8. The Morgan fingerprint density at radius 1 is 1.39 bits per heavy atom. The lowest BCUT2D eigenvalue weighted by molar-refractivity contribution is 0.0528. The second-order valence-electron chi connectivity index (χ2n) is 5.85. The second kappa shape index (κ2) is 7.59. The molecule has 1 aliphatic rings. The highest BCUT2D eigenvalue weighted by Crippen LogP contribution is 2.08. The number of alkyl carbamates (subject to hydrolysis) is 1. The van der Waals surface area contributed by atoms with Crippen molar-refractivity contribution in [1.29, 1.82) is 0 Å². The molecule has 1 unspecified atom stereocenters. The molecule has 106 valence electrons. The number of nitrogens with one attached hydrogen (secondary N) is 3. The van der Waals surface area contributed by atoms with Crippen LogP contribution in [0.15, 0.2) is 0 Å². The Bertz CT molecular complexity index is 245. The molecule has 0 radical (unpaired) electrons. The van der Waals surface area contributed by atoms with E-state index >= 15 is 0 Å². The molecule has 3 N–H and O–H groups in total. The van der Waals surface area contributed by atoms with E-state index in [1.54, 1.807) is 0 Å². The SMILES string of the molecule is CC(C)(C)OC(=O)NCCNCC1CCCNC1. The zero-order valence-corrected chi connectivity index (χ0v) is 11.8. The fourth-order valence-corrected chi connectivity index (χ4v) is 1.97. The van der Waals surface area contributed by atoms with E-state index in [9.17, 15) is 4.79 Å². The summed E-state index contributed by atoms with van der Waals surface area (Å²) >= 11 is 0. The van der Waals surface area contributed by atoms with Gasteiger partial charge in [0.1, 0.15) is 5.60 Å². The molecular weight excluding hydrogens is 230 g/mol. The van der Waals surface area contributed by atoms with E-state index in [0.717, 1.165) is 32.1 Å². The van der Waals surface area contributed by atoms with E-state index in [1.165, 1.54) is 12.8 Å². The van der Waals surface area contributed by atoms with E-state index in [-0.39, 0.29) is 6.09 Å². The largest absolute Gasteiger partial charge is 0.444 e. The Morgan fingerprint density at radius 3 is 2.78 bits per heavy atom. The van der Waals surface area contributed by atoms with Crippen LogP contribution >= 0.6 is 0 Å². The van der Waals surface area contributed by atoms with Gasteiger partial charge in [0.05, 0.1) is 0 Å². The van der Waals surface area contributed by atoms with Gasteiger partial charge in [-0.25, -0.2) is 4.79 Å². The molecule has 1 amide bonds. The number of hydrogen-bond acceptors (Lipinski definition) is 4. The van der Waals surface area contributed by atoms with Gasteiger partial charge in [0, 0.05) is 13.1 Å². The van der Waals surface area contributed by atoms with Crippen LogP contribution in [0.5, 0.6) is 0 Å². The Labute approximate surface area is 110 Å².